The molecular formula is C26H18. The molecular weight excluding hydrogens is 312 g/mol. The molecule has 0 bridgehead atoms. The van der Waals surface area contributed by atoms with Gasteiger partial charge in [-0.15, -0.1) is 0 Å². The Morgan fingerprint density at radius 2 is 1.04 bits per heavy atom. The van der Waals surface area contributed by atoms with Crippen LogP contribution in [-0.4, -0.2) is 0 Å². The number of fused-ring (bicyclic) bond motifs is 5. The fourth-order valence-electron chi connectivity index (χ4n) is 3.70. The van der Waals surface area contributed by atoms with Gasteiger partial charge in [0.25, 0.3) is 0 Å². The Hall–Kier alpha value is -3.38. The van der Waals surface area contributed by atoms with Crippen LogP contribution in [0.25, 0.3) is 44.5 Å². The summed E-state index contributed by atoms with van der Waals surface area (Å²) < 4.78 is 0. The molecule has 0 radical (unpaired) electrons. The zero-order valence-corrected chi connectivity index (χ0v) is 14.4. The van der Waals surface area contributed by atoms with Crippen LogP contribution in [0.1, 0.15) is 11.1 Å². The van der Waals surface area contributed by atoms with Crippen LogP contribution in [0.15, 0.2) is 97.1 Å². The molecule has 0 aliphatic carbocycles. The predicted octanol–water partition coefficient (Wildman–Crippen LogP) is 7.32. The summed E-state index contributed by atoms with van der Waals surface area (Å²) in [5.74, 6) is 0. The van der Waals surface area contributed by atoms with Gasteiger partial charge in [-0.2, -0.15) is 0 Å². The second-order valence-electron chi connectivity index (χ2n) is 6.67. The summed E-state index contributed by atoms with van der Waals surface area (Å²) in [4.78, 5) is 0. The van der Waals surface area contributed by atoms with Gasteiger partial charge >= 0.3 is 0 Å². The smallest absolute Gasteiger partial charge is 0.00266 e. The number of hydrogen-bond donors (Lipinski definition) is 0. The van der Waals surface area contributed by atoms with E-state index in [9.17, 15) is 0 Å². The van der Waals surface area contributed by atoms with Gasteiger partial charge in [-0.3, -0.25) is 0 Å². The first-order valence-electron chi connectivity index (χ1n) is 8.96. The summed E-state index contributed by atoms with van der Waals surface area (Å²) in [6.45, 7) is 0. The molecule has 0 aromatic heterocycles. The minimum atomic E-state index is 1.22. The minimum Gasteiger partial charge on any atom is -0.0622 e. The second-order valence-corrected chi connectivity index (χ2v) is 6.67. The van der Waals surface area contributed by atoms with Gasteiger partial charge in [-0.05, 0) is 49.5 Å². The summed E-state index contributed by atoms with van der Waals surface area (Å²) in [5.41, 5.74) is 2.44. The lowest BCUT2D eigenvalue weighted by Gasteiger charge is -2.09. The topological polar surface area (TPSA) is 0 Å². The first-order chi connectivity index (χ1) is 12.9. The maximum absolute atomic E-state index is 2.31. The summed E-state index contributed by atoms with van der Waals surface area (Å²) in [6, 6.07) is 34.7. The van der Waals surface area contributed by atoms with E-state index in [4.69, 9.17) is 0 Å². The first kappa shape index (κ1) is 14.9. The molecule has 0 nitrogen and oxygen atoms in total. The zero-order valence-electron chi connectivity index (χ0n) is 14.4. The van der Waals surface area contributed by atoms with Crippen LogP contribution in [0.5, 0.6) is 0 Å². The van der Waals surface area contributed by atoms with Gasteiger partial charge in [0.1, 0.15) is 0 Å². The molecule has 0 spiro atoms. The number of hydrogen-bond acceptors (Lipinski definition) is 0. The fourth-order valence-corrected chi connectivity index (χ4v) is 3.70. The second kappa shape index (κ2) is 6.16. The molecule has 122 valence electrons. The van der Waals surface area contributed by atoms with Gasteiger partial charge in [-0.1, -0.05) is 103 Å². The highest BCUT2D eigenvalue weighted by Crippen LogP contribution is 2.32. The van der Waals surface area contributed by atoms with Gasteiger partial charge < -0.3 is 0 Å². The summed E-state index contributed by atoms with van der Waals surface area (Å²) in [6.07, 6.45) is 4.36. The highest BCUT2D eigenvalue weighted by atomic mass is 14.1. The SMILES string of the molecule is C(=C\c1ccc2ccc3ccc4ccccc4c3c2c1)/c1ccccc1. The van der Waals surface area contributed by atoms with Crippen LogP contribution < -0.4 is 0 Å². The molecule has 5 aromatic carbocycles. The Kier molecular flexibility index (Phi) is 3.54. The lowest BCUT2D eigenvalue weighted by molar-refractivity contribution is 1.66. The molecule has 0 aliphatic rings. The highest BCUT2D eigenvalue weighted by Gasteiger charge is 2.05. The summed E-state index contributed by atoms with van der Waals surface area (Å²) >= 11 is 0. The lowest BCUT2D eigenvalue weighted by Crippen LogP contribution is -1.82. The third-order valence-electron chi connectivity index (χ3n) is 5.02. The van der Waals surface area contributed by atoms with E-state index in [1.165, 1.54) is 43.4 Å². The molecule has 0 heterocycles. The third-order valence-corrected chi connectivity index (χ3v) is 5.02. The molecule has 0 amide bonds. The predicted molar refractivity (Wildman–Crippen MR) is 114 cm³/mol. The van der Waals surface area contributed by atoms with Gasteiger partial charge in [0, 0.05) is 0 Å². The van der Waals surface area contributed by atoms with Crippen LogP contribution in [-0.2, 0) is 0 Å². The average Bonchev–Trinajstić information content (AvgIpc) is 2.72. The molecule has 0 saturated heterocycles. The van der Waals surface area contributed by atoms with E-state index < -0.39 is 0 Å². The van der Waals surface area contributed by atoms with Gasteiger partial charge in [0.15, 0.2) is 0 Å². The van der Waals surface area contributed by atoms with Crippen molar-refractivity contribution in [1.29, 1.82) is 0 Å². The van der Waals surface area contributed by atoms with Crippen molar-refractivity contribution in [2.45, 2.75) is 0 Å². The van der Waals surface area contributed by atoms with E-state index >= 15 is 0 Å². The van der Waals surface area contributed by atoms with Crippen LogP contribution in [0.2, 0.25) is 0 Å². The highest BCUT2D eigenvalue weighted by molar-refractivity contribution is 6.20. The molecule has 5 aromatic rings. The van der Waals surface area contributed by atoms with Crippen molar-refractivity contribution in [3.05, 3.63) is 108 Å². The van der Waals surface area contributed by atoms with E-state index in [0.717, 1.165) is 0 Å². The maximum Gasteiger partial charge on any atom is -0.00266 e. The average molecular weight is 330 g/mol. The molecule has 0 heteroatoms. The molecule has 0 aliphatic heterocycles. The van der Waals surface area contributed by atoms with Crippen molar-refractivity contribution in [2.75, 3.05) is 0 Å². The van der Waals surface area contributed by atoms with Crippen LogP contribution in [0.3, 0.4) is 0 Å². The quantitative estimate of drug-likeness (QED) is 0.235. The fraction of sp³-hybridized carbons (Fsp3) is 0. The Labute approximate surface area is 153 Å². The zero-order chi connectivity index (χ0) is 17.3. The molecule has 26 heavy (non-hydrogen) atoms. The normalized spacial score (nSPS) is 11.7. The Balaban J connectivity index is 1.75. The monoisotopic (exact) mass is 330 g/mol. The molecule has 0 N–H and O–H groups in total. The first-order valence-corrected chi connectivity index (χ1v) is 8.96. The van der Waals surface area contributed by atoms with Gasteiger partial charge in [0.05, 0.1) is 0 Å². The van der Waals surface area contributed by atoms with Crippen molar-refractivity contribution >= 4 is 44.5 Å². The van der Waals surface area contributed by atoms with E-state index in [-0.39, 0.29) is 0 Å². The van der Waals surface area contributed by atoms with Crippen LogP contribution >= 0.6 is 0 Å². The number of benzene rings is 5. The van der Waals surface area contributed by atoms with E-state index in [1.807, 2.05) is 6.07 Å². The largest absolute Gasteiger partial charge is 0.0622 e. The summed E-state index contributed by atoms with van der Waals surface area (Å²) in [5, 5.41) is 7.84. The van der Waals surface area contributed by atoms with Crippen LogP contribution in [0.4, 0.5) is 0 Å². The Morgan fingerprint density at radius 3 is 1.88 bits per heavy atom. The minimum absolute atomic E-state index is 1.22. The van der Waals surface area contributed by atoms with E-state index in [0.29, 0.717) is 0 Å². The maximum atomic E-state index is 2.31. The van der Waals surface area contributed by atoms with Crippen molar-refractivity contribution in [3.8, 4) is 0 Å². The number of rotatable bonds is 2. The molecule has 0 unspecified atom stereocenters. The molecule has 0 fully saturated rings. The summed E-state index contributed by atoms with van der Waals surface area (Å²) in [7, 11) is 0. The van der Waals surface area contributed by atoms with Crippen molar-refractivity contribution in [3.63, 3.8) is 0 Å². The molecule has 5 rings (SSSR count). The molecule has 0 atom stereocenters. The molecule has 0 saturated carbocycles. The Bertz CT molecular complexity index is 1260. The standard InChI is InChI=1S/C26H18/c1-2-6-19(7-3-1)10-11-20-12-13-22-15-17-23-16-14-21-8-4-5-9-24(21)26(23)25(22)18-20/h1-18H/b11-10+. The Morgan fingerprint density at radius 1 is 0.423 bits per heavy atom. The van der Waals surface area contributed by atoms with E-state index in [2.05, 4.69) is 103 Å². The van der Waals surface area contributed by atoms with Gasteiger partial charge in [-0.25, -0.2) is 0 Å². The van der Waals surface area contributed by atoms with E-state index in [1.54, 1.807) is 0 Å². The van der Waals surface area contributed by atoms with Crippen molar-refractivity contribution < 1.29 is 0 Å². The van der Waals surface area contributed by atoms with Crippen LogP contribution in [0, 0.1) is 0 Å². The lowest BCUT2D eigenvalue weighted by atomic mass is 9.95. The van der Waals surface area contributed by atoms with Crippen molar-refractivity contribution in [2.24, 2.45) is 0 Å². The van der Waals surface area contributed by atoms with Gasteiger partial charge in [0.2, 0.25) is 0 Å². The van der Waals surface area contributed by atoms with Crippen molar-refractivity contribution in [1.82, 2.24) is 0 Å². The third kappa shape index (κ3) is 2.57.